The van der Waals surface area contributed by atoms with Gasteiger partial charge in [0.25, 0.3) is 5.89 Å². The van der Waals surface area contributed by atoms with Gasteiger partial charge in [0.15, 0.2) is 0 Å². The number of primary amides is 1. The minimum Gasteiger partial charge on any atom is -0.369 e. The highest BCUT2D eigenvalue weighted by Gasteiger charge is 2.30. The van der Waals surface area contributed by atoms with Crippen LogP contribution in [-0.4, -0.2) is 63.1 Å². The summed E-state index contributed by atoms with van der Waals surface area (Å²) >= 11 is 0. The summed E-state index contributed by atoms with van der Waals surface area (Å²) in [5.74, 6) is -0.316. The number of benzene rings is 1. The van der Waals surface area contributed by atoms with Gasteiger partial charge in [-0.2, -0.15) is 10.1 Å². The monoisotopic (exact) mass is 410 g/mol. The smallest absolute Gasteiger partial charge is 0.274 e. The van der Waals surface area contributed by atoms with Crippen LogP contribution in [0.4, 0.5) is 0 Å². The molecule has 4 rings (SSSR count). The Balaban J connectivity index is 1.43. The van der Waals surface area contributed by atoms with E-state index in [-0.39, 0.29) is 42.5 Å². The van der Waals surface area contributed by atoms with Crippen LogP contribution in [0.5, 0.6) is 0 Å². The van der Waals surface area contributed by atoms with E-state index in [4.69, 9.17) is 10.3 Å². The molecule has 2 aliphatic rings. The van der Waals surface area contributed by atoms with Gasteiger partial charge >= 0.3 is 0 Å². The van der Waals surface area contributed by atoms with E-state index in [1.807, 2.05) is 30.3 Å². The van der Waals surface area contributed by atoms with Crippen LogP contribution in [0.1, 0.15) is 31.6 Å². The Morgan fingerprint density at radius 3 is 2.57 bits per heavy atom. The number of piperidine rings is 1. The summed E-state index contributed by atoms with van der Waals surface area (Å²) in [4.78, 5) is 42.2. The van der Waals surface area contributed by atoms with Crippen molar-refractivity contribution in [3.63, 3.8) is 0 Å². The average Bonchev–Trinajstić information content (AvgIpc) is 3.26. The number of nitrogens with two attached hydrogens (primary N) is 1. The molecule has 0 saturated carbocycles. The summed E-state index contributed by atoms with van der Waals surface area (Å²) in [6.45, 7) is 0.716. The molecule has 0 atom stereocenters. The van der Waals surface area contributed by atoms with Crippen molar-refractivity contribution in [2.24, 2.45) is 16.8 Å². The van der Waals surface area contributed by atoms with Gasteiger partial charge in [0.2, 0.25) is 23.5 Å². The molecule has 1 aromatic heterocycles. The van der Waals surface area contributed by atoms with Crippen molar-refractivity contribution in [3.8, 4) is 11.4 Å². The lowest BCUT2D eigenvalue weighted by molar-refractivity contribution is -0.142. The van der Waals surface area contributed by atoms with Crippen LogP contribution in [0, 0.1) is 5.92 Å². The van der Waals surface area contributed by atoms with Crippen molar-refractivity contribution in [1.29, 1.82) is 0 Å². The zero-order valence-electron chi connectivity index (χ0n) is 16.4. The highest BCUT2D eigenvalue weighted by Crippen LogP contribution is 2.20. The summed E-state index contributed by atoms with van der Waals surface area (Å²) in [5, 5.41) is 9.44. The summed E-state index contributed by atoms with van der Waals surface area (Å²) in [5.41, 5.74) is 6.62. The van der Waals surface area contributed by atoms with E-state index in [2.05, 4.69) is 15.2 Å². The number of hydrogen-bond donors (Lipinski definition) is 1. The van der Waals surface area contributed by atoms with E-state index in [9.17, 15) is 14.4 Å². The van der Waals surface area contributed by atoms with Crippen LogP contribution >= 0.6 is 0 Å². The number of nitrogens with zero attached hydrogens (tertiary/aromatic N) is 5. The number of carbonyl (C=O) groups is 3. The lowest BCUT2D eigenvalue weighted by Gasteiger charge is -2.32. The fraction of sp³-hybridized carbons (Fsp3) is 0.400. The van der Waals surface area contributed by atoms with Gasteiger partial charge in [0, 0.05) is 37.4 Å². The van der Waals surface area contributed by atoms with Crippen LogP contribution in [0.2, 0.25) is 0 Å². The van der Waals surface area contributed by atoms with Crippen LogP contribution in [0.15, 0.2) is 40.0 Å². The summed E-state index contributed by atoms with van der Waals surface area (Å²) in [7, 11) is 0. The minimum atomic E-state index is -0.336. The molecule has 0 bridgehead atoms. The molecule has 156 valence electrons. The number of amides is 3. The molecule has 2 aliphatic heterocycles. The molecule has 1 fully saturated rings. The highest BCUT2D eigenvalue weighted by atomic mass is 16.5. The van der Waals surface area contributed by atoms with Crippen LogP contribution < -0.4 is 5.73 Å². The van der Waals surface area contributed by atoms with E-state index in [1.165, 1.54) is 0 Å². The molecule has 0 unspecified atom stereocenters. The normalized spacial score (nSPS) is 17.7. The first-order chi connectivity index (χ1) is 14.5. The molecule has 10 heteroatoms. The minimum absolute atomic E-state index is 0.163. The molecule has 0 radical (unpaired) electrons. The molecule has 3 heterocycles. The molecule has 0 spiro atoms. The van der Waals surface area contributed by atoms with Crippen molar-refractivity contribution in [1.82, 2.24) is 20.0 Å². The Bertz CT molecular complexity index is 978. The first-order valence-corrected chi connectivity index (χ1v) is 9.85. The predicted octanol–water partition coefficient (Wildman–Crippen LogP) is 0.787. The Morgan fingerprint density at radius 1 is 1.13 bits per heavy atom. The van der Waals surface area contributed by atoms with Crippen molar-refractivity contribution in [3.05, 3.63) is 36.2 Å². The Labute approximate surface area is 172 Å². The Hall–Kier alpha value is -3.56. The fourth-order valence-corrected chi connectivity index (χ4v) is 3.57. The quantitative estimate of drug-likeness (QED) is 0.774. The summed E-state index contributed by atoms with van der Waals surface area (Å²) in [6, 6.07) is 9.39. The van der Waals surface area contributed by atoms with Gasteiger partial charge in [-0.3, -0.25) is 14.4 Å². The highest BCUT2D eigenvalue weighted by molar-refractivity contribution is 6.01. The topological polar surface area (TPSA) is 135 Å². The number of aromatic nitrogens is 2. The molecular formula is C20H22N6O4. The van der Waals surface area contributed by atoms with Crippen molar-refractivity contribution >= 4 is 23.4 Å². The molecule has 10 nitrogen and oxygen atoms in total. The largest absolute Gasteiger partial charge is 0.369 e. The molecule has 2 aromatic rings. The van der Waals surface area contributed by atoms with Crippen molar-refractivity contribution < 1.29 is 18.9 Å². The molecule has 3 amide bonds. The second kappa shape index (κ2) is 8.44. The maximum Gasteiger partial charge on any atom is 0.274 e. The Morgan fingerprint density at radius 2 is 1.87 bits per heavy atom. The van der Waals surface area contributed by atoms with E-state index in [0.717, 1.165) is 10.6 Å². The van der Waals surface area contributed by atoms with E-state index < -0.39 is 0 Å². The Kier molecular flexibility index (Phi) is 5.55. The molecule has 2 N–H and O–H groups in total. The predicted molar refractivity (Wildman–Crippen MR) is 106 cm³/mol. The van der Waals surface area contributed by atoms with Crippen LogP contribution in [-0.2, 0) is 14.4 Å². The third kappa shape index (κ3) is 4.22. The standard InChI is InChI=1S/C20H22N6O4/c21-18(29)13-8-10-25(11-9-13)17(28)12-26-16(27)7-6-15(23-26)20-22-19(24-30-20)14-4-2-1-3-5-14/h1-5,13H,6-12H2,(H2,21,29). The maximum absolute atomic E-state index is 12.6. The van der Waals surface area contributed by atoms with Crippen molar-refractivity contribution in [2.75, 3.05) is 19.6 Å². The van der Waals surface area contributed by atoms with Crippen molar-refractivity contribution in [2.45, 2.75) is 25.7 Å². The summed E-state index contributed by atoms with van der Waals surface area (Å²) in [6.07, 6.45) is 1.64. The number of hydrazone groups is 1. The van der Waals surface area contributed by atoms with Gasteiger partial charge in [0.05, 0.1) is 0 Å². The number of carbonyl (C=O) groups excluding carboxylic acids is 3. The van der Waals surface area contributed by atoms with Crippen LogP contribution in [0.25, 0.3) is 11.4 Å². The molecule has 1 saturated heterocycles. The number of rotatable bonds is 5. The zero-order chi connectivity index (χ0) is 21.1. The third-order valence-corrected chi connectivity index (χ3v) is 5.34. The maximum atomic E-state index is 12.6. The summed E-state index contributed by atoms with van der Waals surface area (Å²) < 4.78 is 5.33. The second-order valence-corrected chi connectivity index (χ2v) is 7.34. The van der Waals surface area contributed by atoms with Gasteiger partial charge in [-0.05, 0) is 12.8 Å². The van der Waals surface area contributed by atoms with E-state index in [1.54, 1.807) is 4.90 Å². The second-order valence-electron chi connectivity index (χ2n) is 7.34. The van der Waals surface area contributed by atoms with Gasteiger partial charge in [-0.25, -0.2) is 5.01 Å². The molecular weight excluding hydrogens is 388 g/mol. The SMILES string of the molecule is NC(=O)C1CCN(C(=O)CN2N=C(c3nc(-c4ccccc4)no3)CCC2=O)CC1. The van der Waals surface area contributed by atoms with Gasteiger partial charge in [-0.1, -0.05) is 35.5 Å². The number of likely N-dealkylation sites (tertiary alicyclic amines) is 1. The van der Waals surface area contributed by atoms with Gasteiger partial charge in [-0.15, -0.1) is 0 Å². The van der Waals surface area contributed by atoms with Gasteiger partial charge < -0.3 is 15.2 Å². The zero-order valence-corrected chi connectivity index (χ0v) is 16.4. The third-order valence-electron chi connectivity index (χ3n) is 5.34. The van der Waals surface area contributed by atoms with Gasteiger partial charge in [0.1, 0.15) is 12.3 Å². The first-order valence-electron chi connectivity index (χ1n) is 9.85. The van der Waals surface area contributed by atoms with E-state index >= 15 is 0 Å². The lowest BCUT2D eigenvalue weighted by atomic mass is 9.96. The lowest BCUT2D eigenvalue weighted by Crippen LogP contribution is -2.46. The van der Waals surface area contributed by atoms with Crippen LogP contribution in [0.3, 0.4) is 0 Å². The fourth-order valence-electron chi connectivity index (χ4n) is 3.57. The number of hydrogen-bond acceptors (Lipinski definition) is 7. The molecule has 1 aromatic carbocycles. The molecule has 0 aliphatic carbocycles. The average molecular weight is 410 g/mol. The first kappa shape index (κ1) is 19.7. The van der Waals surface area contributed by atoms with E-state index in [0.29, 0.717) is 43.9 Å². The molecule has 30 heavy (non-hydrogen) atoms.